The Labute approximate surface area is 87.5 Å². The number of halogens is 4. The van der Waals surface area contributed by atoms with Crippen molar-refractivity contribution in [3.05, 3.63) is 0 Å². The van der Waals surface area contributed by atoms with Crippen LogP contribution in [0.3, 0.4) is 0 Å². The van der Waals surface area contributed by atoms with E-state index in [0.29, 0.717) is 0 Å². The minimum atomic E-state index is -3.04. The van der Waals surface area contributed by atoms with Crippen molar-refractivity contribution in [1.29, 1.82) is 0 Å². The Morgan fingerprint density at radius 1 is 1.00 bits per heavy atom. The van der Waals surface area contributed by atoms with Crippen molar-refractivity contribution in [2.24, 2.45) is 0 Å². The third kappa shape index (κ3) is 3.29. The second-order valence-electron chi connectivity index (χ2n) is 2.78. The third-order valence-corrected chi connectivity index (χ3v) is 11.1. The van der Waals surface area contributed by atoms with Gasteiger partial charge < -0.3 is 0 Å². The Kier molecular flexibility index (Phi) is 4.46. The molecule has 0 radical (unpaired) electrons. The molecule has 1 fully saturated rings. The zero-order valence-electron chi connectivity index (χ0n) is 5.90. The molecule has 0 aromatic heterocycles. The average molecular weight is 352 g/mol. The van der Waals surface area contributed by atoms with E-state index >= 15 is 0 Å². The van der Waals surface area contributed by atoms with Gasteiger partial charge in [0.15, 0.2) is 0 Å². The molecule has 0 aromatic rings. The van der Waals surface area contributed by atoms with Gasteiger partial charge in [-0.3, -0.25) is 0 Å². The summed E-state index contributed by atoms with van der Waals surface area (Å²) in [7, 11) is 17.8. The maximum atomic E-state index is 6.06. The first-order valence-electron chi connectivity index (χ1n) is 3.57. The Bertz CT molecular complexity index is 133. The van der Waals surface area contributed by atoms with Crippen molar-refractivity contribution < 1.29 is 0 Å². The van der Waals surface area contributed by atoms with Crippen LogP contribution in [0.15, 0.2) is 0 Å². The molecule has 11 heavy (non-hydrogen) atoms. The van der Waals surface area contributed by atoms with Crippen molar-refractivity contribution in [2.45, 2.75) is 35.0 Å². The predicted octanol–water partition coefficient (Wildman–Crippen LogP) is 4.19. The number of hydrogen-bond acceptors (Lipinski definition) is 0. The van der Waals surface area contributed by atoms with Crippen molar-refractivity contribution in [1.82, 2.24) is 0 Å². The fraction of sp³-hybridized carbons (Fsp3) is 1.00. The first-order valence-corrected chi connectivity index (χ1v) is 14.2. The molecular weight excluding hydrogens is 341 g/mol. The van der Waals surface area contributed by atoms with Crippen molar-refractivity contribution in [3.63, 3.8) is 0 Å². The summed E-state index contributed by atoms with van der Waals surface area (Å²) in [6, 6.07) is 0. The predicted molar refractivity (Wildman–Crippen MR) is 55.2 cm³/mol. The van der Waals surface area contributed by atoms with Gasteiger partial charge >= 0.3 is 88.3 Å². The molecule has 0 bridgehead atoms. The van der Waals surface area contributed by atoms with Gasteiger partial charge in [0, 0.05) is 0 Å². The molecule has 1 saturated carbocycles. The molecule has 0 aromatic carbocycles. The van der Waals surface area contributed by atoms with E-state index in [1.165, 1.54) is 12.8 Å². The van der Waals surface area contributed by atoms with E-state index in [1.807, 2.05) is 0 Å². The van der Waals surface area contributed by atoms with E-state index in [0.717, 1.165) is 12.8 Å². The molecule has 5 heteroatoms. The molecule has 0 unspecified atom stereocenters. The Morgan fingerprint density at radius 3 is 1.91 bits per heavy atom. The molecule has 1 aliphatic carbocycles. The second-order valence-corrected chi connectivity index (χ2v) is 20.6. The van der Waals surface area contributed by atoms with Gasteiger partial charge in [-0.05, 0) is 0 Å². The molecule has 1 rings (SSSR count). The molecular formula is C6H10Cl4Te. The van der Waals surface area contributed by atoms with Gasteiger partial charge in [-0.2, -0.15) is 0 Å². The van der Waals surface area contributed by atoms with Crippen molar-refractivity contribution >= 4 is 53.3 Å². The number of alkyl halides is 1. The maximum absolute atomic E-state index is 6.06. The average Bonchev–Trinajstić information content (AvgIpc) is 1.86. The summed E-state index contributed by atoms with van der Waals surface area (Å²) in [6.45, 7) is 0. The van der Waals surface area contributed by atoms with Gasteiger partial charge in [0.1, 0.15) is 0 Å². The van der Waals surface area contributed by atoms with Crippen LogP contribution in [-0.2, 0) is 0 Å². The van der Waals surface area contributed by atoms with Crippen LogP contribution in [0.4, 0.5) is 0 Å². The third-order valence-electron chi connectivity index (χ3n) is 1.97. The van der Waals surface area contributed by atoms with Crippen LogP contribution in [0.1, 0.15) is 25.7 Å². The fourth-order valence-electron chi connectivity index (χ4n) is 1.35. The standard InChI is InChI=1S/C6H10Cl4Te/c7-5-3-1-2-4-6(5)11(8,9)10/h5-6H,1-4H2/t5-,6+/m1/s1. The summed E-state index contributed by atoms with van der Waals surface area (Å²) in [5.74, 6) is 0. The van der Waals surface area contributed by atoms with E-state index in [2.05, 4.69) is 0 Å². The van der Waals surface area contributed by atoms with Crippen LogP contribution in [0.25, 0.3) is 0 Å². The van der Waals surface area contributed by atoms with Gasteiger partial charge in [0.05, 0.1) is 0 Å². The Hall–Kier alpha value is 1.95. The minimum absolute atomic E-state index is 0.123. The number of hydrogen-bond donors (Lipinski definition) is 0. The monoisotopic (exact) mass is 352 g/mol. The summed E-state index contributed by atoms with van der Waals surface area (Å²) in [5.41, 5.74) is 0. The van der Waals surface area contributed by atoms with Crippen LogP contribution in [0.5, 0.6) is 0 Å². The second kappa shape index (κ2) is 4.45. The normalized spacial score (nSPS) is 35.3. The zero-order valence-corrected chi connectivity index (χ0v) is 11.3. The molecule has 0 N–H and O–H groups in total. The molecule has 68 valence electrons. The molecule has 0 spiro atoms. The summed E-state index contributed by atoms with van der Waals surface area (Å²) >= 11 is 3.03. The molecule has 0 aliphatic heterocycles. The van der Waals surface area contributed by atoms with Crippen molar-refractivity contribution in [3.8, 4) is 0 Å². The van der Waals surface area contributed by atoms with Gasteiger partial charge in [-0.15, -0.1) is 0 Å². The van der Waals surface area contributed by atoms with E-state index < -0.39 is 14.8 Å². The van der Waals surface area contributed by atoms with Crippen LogP contribution >= 0.6 is 38.5 Å². The molecule has 0 nitrogen and oxygen atoms in total. The fourth-order valence-corrected chi connectivity index (χ4v) is 10.6. The Balaban J connectivity index is 2.55. The van der Waals surface area contributed by atoms with Gasteiger partial charge in [-0.1, -0.05) is 0 Å². The first kappa shape index (κ1) is 11.0. The Morgan fingerprint density at radius 2 is 1.55 bits per heavy atom. The van der Waals surface area contributed by atoms with Gasteiger partial charge in [0.25, 0.3) is 0 Å². The van der Waals surface area contributed by atoms with Crippen LogP contribution < -0.4 is 0 Å². The SMILES string of the molecule is Cl[C@@H]1CCCC[C@@H]1[Te](Cl)(Cl)Cl. The van der Waals surface area contributed by atoms with E-state index in [1.54, 1.807) is 0 Å². The van der Waals surface area contributed by atoms with E-state index in [9.17, 15) is 0 Å². The number of rotatable bonds is 1. The van der Waals surface area contributed by atoms with Crippen LogP contribution in [0, 0.1) is 0 Å². The topological polar surface area (TPSA) is 0 Å². The summed E-state index contributed by atoms with van der Waals surface area (Å²) < 4.78 is 0.220. The van der Waals surface area contributed by atoms with Crippen LogP contribution in [-0.4, -0.2) is 20.2 Å². The van der Waals surface area contributed by atoms with E-state index in [4.69, 9.17) is 38.5 Å². The molecule has 2 atom stereocenters. The quantitative estimate of drug-likeness (QED) is 0.491. The van der Waals surface area contributed by atoms with Gasteiger partial charge in [0.2, 0.25) is 0 Å². The molecule has 0 amide bonds. The zero-order chi connectivity index (χ0) is 8.48. The molecule has 0 saturated heterocycles. The summed E-state index contributed by atoms with van der Waals surface area (Å²) in [5, 5.41) is 0.123. The first-order chi connectivity index (χ1) is 5.02. The molecule has 1 aliphatic rings. The van der Waals surface area contributed by atoms with Gasteiger partial charge in [-0.25, -0.2) is 0 Å². The molecule has 0 heterocycles. The van der Waals surface area contributed by atoms with E-state index in [-0.39, 0.29) is 9.34 Å². The van der Waals surface area contributed by atoms with Crippen LogP contribution in [0.2, 0.25) is 3.97 Å². The summed E-state index contributed by atoms with van der Waals surface area (Å²) in [4.78, 5) is 0. The summed E-state index contributed by atoms with van der Waals surface area (Å²) in [6.07, 6.45) is 4.40. The van der Waals surface area contributed by atoms with Crippen molar-refractivity contribution in [2.75, 3.05) is 0 Å².